The lowest BCUT2D eigenvalue weighted by Gasteiger charge is -1.98. The standard InChI is InChI=1S/C8H9N5O/c1-10-8(14)6-7(9)12-5-3-2-4-11-13(5)6/h2-4H,9H2,1H3,(H,10,14). The van der Waals surface area contributed by atoms with Gasteiger partial charge in [0.05, 0.1) is 0 Å². The first kappa shape index (κ1) is 8.49. The van der Waals surface area contributed by atoms with E-state index in [-0.39, 0.29) is 17.4 Å². The second kappa shape index (κ2) is 2.99. The van der Waals surface area contributed by atoms with Crippen LogP contribution < -0.4 is 11.1 Å². The third-order valence-electron chi connectivity index (χ3n) is 1.86. The van der Waals surface area contributed by atoms with Crippen molar-refractivity contribution in [1.29, 1.82) is 0 Å². The molecule has 2 aromatic rings. The molecule has 6 nitrogen and oxygen atoms in total. The second-order valence-electron chi connectivity index (χ2n) is 2.72. The van der Waals surface area contributed by atoms with E-state index in [1.807, 2.05) is 0 Å². The number of nitrogens with two attached hydrogens (primary N) is 1. The van der Waals surface area contributed by atoms with Crippen LogP contribution in [0.4, 0.5) is 5.82 Å². The van der Waals surface area contributed by atoms with Crippen LogP contribution in [-0.4, -0.2) is 27.6 Å². The maximum absolute atomic E-state index is 11.4. The number of amides is 1. The molecule has 0 aliphatic rings. The Kier molecular flexibility index (Phi) is 1.81. The van der Waals surface area contributed by atoms with E-state index in [0.29, 0.717) is 5.65 Å². The van der Waals surface area contributed by atoms with Crippen LogP contribution in [0.3, 0.4) is 0 Å². The molecule has 1 amide bonds. The van der Waals surface area contributed by atoms with Gasteiger partial charge < -0.3 is 11.1 Å². The number of nitrogens with zero attached hydrogens (tertiary/aromatic N) is 3. The molecule has 0 saturated heterocycles. The molecular weight excluding hydrogens is 182 g/mol. The highest BCUT2D eigenvalue weighted by Gasteiger charge is 2.16. The topological polar surface area (TPSA) is 85.3 Å². The molecule has 0 aliphatic carbocycles. The smallest absolute Gasteiger partial charge is 0.273 e. The maximum Gasteiger partial charge on any atom is 0.273 e. The van der Waals surface area contributed by atoms with E-state index in [2.05, 4.69) is 15.4 Å². The van der Waals surface area contributed by atoms with Crippen molar-refractivity contribution < 1.29 is 4.79 Å². The zero-order valence-corrected chi connectivity index (χ0v) is 7.56. The third-order valence-corrected chi connectivity index (χ3v) is 1.86. The Morgan fingerprint density at radius 2 is 2.43 bits per heavy atom. The van der Waals surface area contributed by atoms with Crippen molar-refractivity contribution in [3.05, 3.63) is 24.0 Å². The van der Waals surface area contributed by atoms with Gasteiger partial charge >= 0.3 is 0 Å². The number of fused-ring (bicyclic) bond motifs is 1. The molecule has 0 fully saturated rings. The molecule has 0 bridgehead atoms. The molecule has 0 saturated carbocycles. The number of carbonyl (C=O) groups excluding carboxylic acids is 1. The first-order chi connectivity index (χ1) is 6.74. The van der Waals surface area contributed by atoms with Crippen LogP contribution in [0.15, 0.2) is 18.3 Å². The van der Waals surface area contributed by atoms with Crippen LogP contribution in [0.5, 0.6) is 0 Å². The predicted molar refractivity (Wildman–Crippen MR) is 50.8 cm³/mol. The summed E-state index contributed by atoms with van der Waals surface area (Å²) in [4.78, 5) is 15.4. The van der Waals surface area contributed by atoms with Gasteiger partial charge in [-0.3, -0.25) is 4.79 Å². The number of hydrogen-bond donors (Lipinski definition) is 2. The van der Waals surface area contributed by atoms with E-state index in [1.165, 1.54) is 11.6 Å². The number of hydrogen-bond acceptors (Lipinski definition) is 4. The lowest BCUT2D eigenvalue weighted by atomic mass is 10.4. The molecule has 72 valence electrons. The lowest BCUT2D eigenvalue weighted by Crippen LogP contribution is -2.21. The fourth-order valence-corrected chi connectivity index (χ4v) is 1.24. The Labute approximate surface area is 79.7 Å². The highest BCUT2D eigenvalue weighted by molar-refractivity contribution is 5.97. The summed E-state index contributed by atoms with van der Waals surface area (Å²) in [6.07, 6.45) is 1.57. The van der Waals surface area contributed by atoms with Gasteiger partial charge in [-0.25, -0.2) is 9.50 Å². The van der Waals surface area contributed by atoms with Gasteiger partial charge in [0, 0.05) is 13.2 Å². The number of aromatic nitrogens is 3. The SMILES string of the molecule is CNC(=O)c1c(N)nc2cccnn12. The van der Waals surface area contributed by atoms with Gasteiger partial charge in [-0.05, 0) is 12.1 Å². The third kappa shape index (κ3) is 1.08. The largest absolute Gasteiger partial charge is 0.382 e. The summed E-state index contributed by atoms with van der Waals surface area (Å²) < 4.78 is 1.41. The molecular formula is C8H9N5O. The Balaban J connectivity index is 2.74. The van der Waals surface area contributed by atoms with E-state index < -0.39 is 0 Å². The Hall–Kier alpha value is -2.11. The van der Waals surface area contributed by atoms with Crippen molar-refractivity contribution in [3.8, 4) is 0 Å². The number of rotatable bonds is 1. The van der Waals surface area contributed by atoms with Crippen molar-refractivity contribution >= 4 is 17.4 Å². The molecule has 2 heterocycles. The lowest BCUT2D eigenvalue weighted by molar-refractivity contribution is 0.0957. The van der Waals surface area contributed by atoms with Crippen LogP contribution in [-0.2, 0) is 0 Å². The summed E-state index contributed by atoms with van der Waals surface area (Å²) >= 11 is 0. The average molecular weight is 191 g/mol. The highest BCUT2D eigenvalue weighted by Crippen LogP contribution is 2.11. The first-order valence-corrected chi connectivity index (χ1v) is 4.05. The van der Waals surface area contributed by atoms with Crippen LogP contribution in [0.2, 0.25) is 0 Å². The van der Waals surface area contributed by atoms with Gasteiger partial charge in [0.15, 0.2) is 17.2 Å². The van der Waals surface area contributed by atoms with Crippen molar-refractivity contribution in [3.63, 3.8) is 0 Å². The van der Waals surface area contributed by atoms with E-state index in [1.54, 1.807) is 18.3 Å². The maximum atomic E-state index is 11.4. The number of imidazole rings is 1. The fraction of sp³-hybridized carbons (Fsp3) is 0.125. The van der Waals surface area contributed by atoms with Crippen molar-refractivity contribution in [2.24, 2.45) is 0 Å². The van der Waals surface area contributed by atoms with E-state index in [0.717, 1.165) is 0 Å². The molecule has 6 heteroatoms. The van der Waals surface area contributed by atoms with Crippen LogP contribution in [0.25, 0.3) is 5.65 Å². The molecule has 2 rings (SSSR count). The average Bonchev–Trinajstić information content (AvgIpc) is 2.53. The van der Waals surface area contributed by atoms with Gasteiger partial charge in [0.1, 0.15) is 0 Å². The molecule has 0 radical (unpaired) electrons. The van der Waals surface area contributed by atoms with Gasteiger partial charge in [-0.1, -0.05) is 0 Å². The highest BCUT2D eigenvalue weighted by atomic mass is 16.1. The Morgan fingerprint density at radius 1 is 1.64 bits per heavy atom. The molecule has 3 N–H and O–H groups in total. The summed E-state index contributed by atoms with van der Waals surface area (Å²) in [5.74, 6) is -0.114. The summed E-state index contributed by atoms with van der Waals surface area (Å²) in [7, 11) is 1.53. The normalized spacial score (nSPS) is 10.4. The van der Waals surface area contributed by atoms with Gasteiger partial charge in [0.25, 0.3) is 5.91 Å². The quantitative estimate of drug-likeness (QED) is 0.646. The molecule has 0 unspecified atom stereocenters. The van der Waals surface area contributed by atoms with E-state index in [9.17, 15) is 4.79 Å². The van der Waals surface area contributed by atoms with Crippen molar-refractivity contribution in [1.82, 2.24) is 19.9 Å². The molecule has 0 aliphatic heterocycles. The minimum absolute atomic E-state index is 0.183. The monoisotopic (exact) mass is 191 g/mol. The summed E-state index contributed by atoms with van der Waals surface area (Å²) in [5, 5.41) is 6.46. The Morgan fingerprint density at radius 3 is 3.14 bits per heavy atom. The predicted octanol–water partition coefficient (Wildman–Crippen LogP) is -0.329. The minimum atomic E-state index is -0.297. The van der Waals surface area contributed by atoms with E-state index in [4.69, 9.17) is 5.73 Å². The fourth-order valence-electron chi connectivity index (χ4n) is 1.24. The first-order valence-electron chi connectivity index (χ1n) is 4.05. The number of anilines is 1. The number of nitrogens with one attached hydrogen (secondary N) is 1. The van der Waals surface area contributed by atoms with Gasteiger partial charge in [-0.15, -0.1) is 0 Å². The zero-order chi connectivity index (χ0) is 10.1. The summed E-state index contributed by atoms with van der Waals surface area (Å²) in [5.41, 5.74) is 6.42. The van der Waals surface area contributed by atoms with Crippen LogP contribution in [0.1, 0.15) is 10.5 Å². The molecule has 2 aromatic heterocycles. The minimum Gasteiger partial charge on any atom is -0.382 e. The van der Waals surface area contributed by atoms with Crippen molar-refractivity contribution in [2.45, 2.75) is 0 Å². The van der Waals surface area contributed by atoms with Crippen molar-refractivity contribution in [2.75, 3.05) is 12.8 Å². The number of carbonyl (C=O) groups is 1. The molecule has 0 spiro atoms. The zero-order valence-electron chi connectivity index (χ0n) is 7.56. The van der Waals surface area contributed by atoms with Crippen LogP contribution >= 0.6 is 0 Å². The van der Waals surface area contributed by atoms with Gasteiger partial charge in [0.2, 0.25) is 0 Å². The number of nitrogen functional groups attached to an aromatic ring is 1. The van der Waals surface area contributed by atoms with Crippen LogP contribution in [0, 0.1) is 0 Å². The second-order valence-corrected chi connectivity index (χ2v) is 2.72. The molecule has 14 heavy (non-hydrogen) atoms. The molecule has 0 atom stereocenters. The summed E-state index contributed by atoms with van der Waals surface area (Å²) in [6, 6.07) is 3.46. The van der Waals surface area contributed by atoms with Gasteiger partial charge in [-0.2, -0.15) is 5.10 Å². The van der Waals surface area contributed by atoms with E-state index >= 15 is 0 Å². The summed E-state index contributed by atoms with van der Waals surface area (Å²) in [6.45, 7) is 0. The Bertz CT molecular complexity index is 489. The molecule has 0 aromatic carbocycles.